The summed E-state index contributed by atoms with van der Waals surface area (Å²) in [4.78, 5) is 8.84. The van der Waals surface area contributed by atoms with Crippen LogP contribution in [0.2, 0.25) is 0 Å². The molecule has 0 radical (unpaired) electrons. The Labute approximate surface area is 50.7 Å². The number of carbonyl (C=O) groups is 1. The number of hydrogen-bond acceptors (Lipinski definition) is 2. The summed E-state index contributed by atoms with van der Waals surface area (Å²) in [6, 6.07) is 0. The van der Waals surface area contributed by atoms with Crippen LogP contribution >= 0.6 is 0 Å². The summed E-state index contributed by atoms with van der Waals surface area (Å²) in [5, 5.41) is 8.84. The Morgan fingerprint density at radius 2 is 1.71 bits per heavy atom. The van der Waals surface area contributed by atoms with Crippen molar-refractivity contribution < 1.29 is 37.5 Å². The van der Waals surface area contributed by atoms with Crippen molar-refractivity contribution in [2.45, 2.75) is 6.43 Å². The van der Waals surface area contributed by atoms with Crippen LogP contribution in [0.25, 0.3) is 0 Å². The van der Waals surface area contributed by atoms with Crippen molar-refractivity contribution in [3.8, 4) is 0 Å². The molecule has 0 amide bonds. The van der Waals surface area contributed by atoms with Gasteiger partial charge < -0.3 is 9.90 Å². The molecule has 0 aliphatic rings. The van der Waals surface area contributed by atoms with Crippen molar-refractivity contribution in [3.05, 3.63) is 0 Å². The smallest absolute Gasteiger partial charge is 0.544 e. The Bertz CT molecular complexity index is 64.7. The van der Waals surface area contributed by atoms with Gasteiger partial charge in [-0.25, -0.2) is 8.78 Å². The molecular formula is C2HF2LiO2. The summed E-state index contributed by atoms with van der Waals surface area (Å²) in [7, 11) is 0. The zero-order valence-corrected chi connectivity index (χ0v) is 3.65. The van der Waals surface area contributed by atoms with Gasteiger partial charge in [0.1, 0.15) is 5.97 Å². The van der Waals surface area contributed by atoms with Gasteiger partial charge in [-0.15, -0.1) is 0 Å². The number of halogens is 2. The summed E-state index contributed by atoms with van der Waals surface area (Å²) < 4.78 is 21.0. The van der Waals surface area contributed by atoms with E-state index in [9.17, 15) is 8.78 Å². The van der Waals surface area contributed by atoms with Crippen LogP contribution in [-0.4, -0.2) is 12.4 Å². The van der Waals surface area contributed by atoms with Crippen molar-refractivity contribution in [1.82, 2.24) is 0 Å². The van der Waals surface area contributed by atoms with Crippen LogP contribution in [0, 0.1) is 0 Å². The average Bonchev–Trinajstić information content (AvgIpc) is 1.36. The zero-order chi connectivity index (χ0) is 5.15. The largest absolute Gasteiger partial charge is 1.00 e. The molecule has 0 aromatic rings. The molecule has 0 saturated carbocycles. The second-order valence-electron chi connectivity index (χ2n) is 0.620. The van der Waals surface area contributed by atoms with Gasteiger partial charge in [-0.05, 0) is 0 Å². The third-order valence-corrected chi connectivity index (χ3v) is 0.178. The Kier molecular flexibility index (Phi) is 5.87. The second kappa shape index (κ2) is 4.10. The molecule has 0 aromatic heterocycles. The van der Waals surface area contributed by atoms with Crippen molar-refractivity contribution in [3.63, 3.8) is 0 Å². The third kappa shape index (κ3) is 5.93. The molecule has 0 saturated heterocycles. The maximum absolute atomic E-state index is 10.5. The maximum atomic E-state index is 10.5. The minimum atomic E-state index is -3.34. The summed E-state index contributed by atoms with van der Waals surface area (Å²) in [5.41, 5.74) is 0. The van der Waals surface area contributed by atoms with E-state index in [2.05, 4.69) is 0 Å². The first-order valence-corrected chi connectivity index (χ1v) is 1.13. The zero-order valence-electron chi connectivity index (χ0n) is 3.65. The summed E-state index contributed by atoms with van der Waals surface area (Å²) in [6.07, 6.45) is -3.34. The first kappa shape index (κ1) is 10.0. The molecule has 0 unspecified atom stereocenters. The van der Waals surface area contributed by atoms with Gasteiger partial charge in [0.15, 0.2) is 0 Å². The van der Waals surface area contributed by atoms with Gasteiger partial charge in [-0.1, -0.05) is 0 Å². The second-order valence-corrected chi connectivity index (χ2v) is 0.620. The molecule has 0 fully saturated rings. The Morgan fingerprint density at radius 3 is 1.71 bits per heavy atom. The van der Waals surface area contributed by atoms with Crippen LogP contribution in [-0.2, 0) is 4.79 Å². The Morgan fingerprint density at radius 1 is 1.57 bits per heavy atom. The number of aliphatic carboxylic acids is 1. The number of alkyl halides is 2. The normalized spacial score (nSPS) is 7.86. The summed E-state index contributed by atoms with van der Waals surface area (Å²) >= 11 is 0. The fourth-order valence-corrected chi connectivity index (χ4v) is 0. The fourth-order valence-electron chi connectivity index (χ4n) is 0. The van der Waals surface area contributed by atoms with Gasteiger partial charge in [0.05, 0.1) is 0 Å². The van der Waals surface area contributed by atoms with Crippen LogP contribution in [0.4, 0.5) is 8.78 Å². The van der Waals surface area contributed by atoms with Crippen LogP contribution in [0.15, 0.2) is 0 Å². The van der Waals surface area contributed by atoms with E-state index in [1.165, 1.54) is 0 Å². The predicted molar refractivity (Wildman–Crippen MR) is 11.0 cm³/mol. The van der Waals surface area contributed by atoms with Crippen molar-refractivity contribution in [2.75, 3.05) is 0 Å². The van der Waals surface area contributed by atoms with Gasteiger partial charge in [0.2, 0.25) is 0 Å². The number of carboxylic acid groups (broad SMARTS) is 1. The predicted octanol–water partition coefficient (Wildman–Crippen LogP) is -3.99. The first-order chi connectivity index (χ1) is 2.64. The minimum Gasteiger partial charge on any atom is -0.544 e. The van der Waals surface area contributed by atoms with E-state index in [0.717, 1.165) is 0 Å². The fraction of sp³-hybridized carbons (Fsp3) is 0.500. The molecule has 5 heteroatoms. The van der Waals surface area contributed by atoms with Crippen molar-refractivity contribution in [2.24, 2.45) is 0 Å². The SMILES string of the molecule is O=C([O-])C(F)F.[Li+]. The monoisotopic (exact) mass is 102 g/mol. The Hall–Kier alpha value is -0.0726. The number of carboxylic acids is 1. The standard InChI is InChI=1S/C2H2F2O2.Li/c3-1(4)2(5)6;/h1H,(H,5,6);/q;+1/p-1. The van der Waals surface area contributed by atoms with E-state index in [-0.39, 0.29) is 18.9 Å². The third-order valence-electron chi connectivity index (χ3n) is 0.178. The van der Waals surface area contributed by atoms with E-state index >= 15 is 0 Å². The molecule has 0 aromatic carbocycles. The van der Waals surface area contributed by atoms with E-state index in [0.29, 0.717) is 0 Å². The van der Waals surface area contributed by atoms with Gasteiger partial charge in [-0.2, -0.15) is 0 Å². The molecule has 0 aliphatic heterocycles. The van der Waals surface area contributed by atoms with Gasteiger partial charge >= 0.3 is 18.9 Å². The van der Waals surface area contributed by atoms with E-state index < -0.39 is 12.4 Å². The van der Waals surface area contributed by atoms with Gasteiger partial charge in [0, 0.05) is 0 Å². The quantitative estimate of drug-likeness (QED) is 0.316. The summed E-state index contributed by atoms with van der Waals surface area (Å²) in [5.74, 6) is -2.32. The van der Waals surface area contributed by atoms with Gasteiger partial charge in [-0.3, -0.25) is 0 Å². The molecule has 0 rings (SSSR count). The molecule has 0 bridgehead atoms. The van der Waals surface area contributed by atoms with Crippen LogP contribution in [0.3, 0.4) is 0 Å². The minimum absolute atomic E-state index is 0. The average molecular weight is 102 g/mol. The van der Waals surface area contributed by atoms with Crippen LogP contribution in [0.1, 0.15) is 0 Å². The molecule has 0 aliphatic carbocycles. The molecule has 36 valence electrons. The number of hydrogen-bond donors (Lipinski definition) is 0. The molecule has 7 heavy (non-hydrogen) atoms. The maximum Gasteiger partial charge on any atom is 1.00 e. The van der Waals surface area contributed by atoms with E-state index in [1.54, 1.807) is 0 Å². The van der Waals surface area contributed by atoms with E-state index in [1.807, 2.05) is 0 Å². The molecular weight excluding hydrogens is 101 g/mol. The molecule has 0 N–H and O–H groups in total. The van der Waals surface area contributed by atoms with Gasteiger partial charge in [0.25, 0.3) is 6.43 Å². The van der Waals surface area contributed by atoms with Crippen molar-refractivity contribution >= 4 is 5.97 Å². The van der Waals surface area contributed by atoms with E-state index in [4.69, 9.17) is 9.90 Å². The first-order valence-electron chi connectivity index (χ1n) is 1.13. The van der Waals surface area contributed by atoms with Crippen LogP contribution in [0.5, 0.6) is 0 Å². The number of rotatable bonds is 1. The summed E-state index contributed by atoms with van der Waals surface area (Å²) in [6.45, 7) is 0. The van der Waals surface area contributed by atoms with Crippen molar-refractivity contribution in [1.29, 1.82) is 0 Å². The topological polar surface area (TPSA) is 40.1 Å². The molecule has 0 heterocycles. The van der Waals surface area contributed by atoms with Crippen LogP contribution < -0.4 is 24.0 Å². The number of carbonyl (C=O) groups excluding carboxylic acids is 1. The molecule has 0 spiro atoms. The molecule has 2 nitrogen and oxygen atoms in total. The Balaban J connectivity index is 0. The molecule has 0 atom stereocenters.